The second kappa shape index (κ2) is 11.9. The van der Waals surface area contributed by atoms with Crippen LogP contribution in [0.15, 0.2) is 170 Å². The van der Waals surface area contributed by atoms with Crippen molar-refractivity contribution in [3.63, 3.8) is 0 Å². The van der Waals surface area contributed by atoms with Gasteiger partial charge in [-0.3, -0.25) is 4.57 Å². The molecule has 1 N–H and O–H groups in total. The molecular weight excluding hydrogens is 627 g/mol. The fraction of sp³-hybridized carbons (Fsp3) is 0.0217. The van der Waals surface area contributed by atoms with Gasteiger partial charge < -0.3 is 14.8 Å². The van der Waals surface area contributed by atoms with Crippen LogP contribution in [-0.4, -0.2) is 16.1 Å². The van der Waals surface area contributed by atoms with Crippen molar-refractivity contribution in [2.75, 3.05) is 6.54 Å². The monoisotopic (exact) mass is 657 g/mol. The van der Waals surface area contributed by atoms with E-state index in [9.17, 15) is 0 Å². The zero-order valence-corrected chi connectivity index (χ0v) is 27.6. The van der Waals surface area contributed by atoms with E-state index < -0.39 is 0 Å². The van der Waals surface area contributed by atoms with E-state index in [4.69, 9.17) is 14.5 Å². The molecule has 6 aromatic carbocycles. The summed E-state index contributed by atoms with van der Waals surface area (Å²) >= 11 is 0. The fourth-order valence-corrected chi connectivity index (χ4v) is 7.32. The highest BCUT2D eigenvalue weighted by Gasteiger charge is 2.22. The molecule has 0 spiro atoms. The predicted octanol–water partition coefficient (Wildman–Crippen LogP) is 11.6. The molecule has 2 aromatic heterocycles. The number of aromatic nitrogens is 2. The lowest BCUT2D eigenvalue weighted by Crippen LogP contribution is -2.14. The summed E-state index contributed by atoms with van der Waals surface area (Å²) < 4.78 is 16.1. The van der Waals surface area contributed by atoms with Gasteiger partial charge in [-0.25, -0.2) is 4.98 Å². The van der Waals surface area contributed by atoms with Gasteiger partial charge in [0.2, 0.25) is 0 Å². The summed E-state index contributed by atoms with van der Waals surface area (Å²) in [4.78, 5) is 4.81. The van der Waals surface area contributed by atoms with Crippen LogP contribution in [0.3, 0.4) is 0 Å². The van der Waals surface area contributed by atoms with Crippen LogP contribution in [0.25, 0.3) is 66.7 Å². The second-order valence-electron chi connectivity index (χ2n) is 12.8. The molecule has 2 aliphatic rings. The maximum atomic E-state index is 6.96. The largest absolute Gasteiger partial charge is 0.456 e. The highest BCUT2D eigenvalue weighted by Crippen LogP contribution is 2.48. The SMILES string of the molecule is C1=CCNC(c2ccc3c(c2)Oc2ccccc2-c2ccccc2Oc2cc(-c4ccc5c(c4)c4cccnc4n5-c4ccccc4)ccc2-3)=C1. The minimum Gasteiger partial charge on any atom is -0.456 e. The first-order valence-corrected chi connectivity index (χ1v) is 17.2. The summed E-state index contributed by atoms with van der Waals surface area (Å²) in [6, 6.07) is 50.5. The van der Waals surface area contributed by atoms with Crippen LogP contribution >= 0.6 is 0 Å². The van der Waals surface area contributed by atoms with Crippen molar-refractivity contribution in [1.82, 2.24) is 14.9 Å². The number of fused-ring (bicyclic) bond motifs is 9. The number of pyridine rings is 1. The van der Waals surface area contributed by atoms with Crippen molar-refractivity contribution in [3.8, 4) is 62.1 Å². The molecule has 0 saturated heterocycles. The highest BCUT2D eigenvalue weighted by atomic mass is 16.5. The zero-order chi connectivity index (χ0) is 33.7. The van der Waals surface area contributed by atoms with E-state index in [1.165, 1.54) is 0 Å². The normalized spacial score (nSPS) is 13.1. The molecule has 4 heterocycles. The van der Waals surface area contributed by atoms with E-state index in [1.807, 2.05) is 54.7 Å². The minimum atomic E-state index is 0.753. The molecule has 8 aromatic rings. The van der Waals surface area contributed by atoms with Crippen LogP contribution in [0.1, 0.15) is 5.56 Å². The Morgan fingerprint density at radius 2 is 1.16 bits per heavy atom. The number of rotatable bonds is 3. The zero-order valence-electron chi connectivity index (χ0n) is 27.6. The van der Waals surface area contributed by atoms with Crippen molar-refractivity contribution in [3.05, 3.63) is 176 Å². The van der Waals surface area contributed by atoms with Gasteiger partial charge in [-0.15, -0.1) is 0 Å². The number of nitrogens with zero attached hydrogens (tertiary/aromatic N) is 2. The highest BCUT2D eigenvalue weighted by molar-refractivity contribution is 6.09. The third kappa shape index (κ3) is 4.98. The van der Waals surface area contributed by atoms with Gasteiger partial charge in [-0.1, -0.05) is 84.9 Å². The average molecular weight is 658 g/mol. The van der Waals surface area contributed by atoms with Crippen LogP contribution in [0.5, 0.6) is 23.0 Å². The molecule has 10 rings (SSSR count). The summed E-state index contributed by atoms with van der Waals surface area (Å²) in [5.41, 5.74) is 11.2. The smallest absolute Gasteiger partial charge is 0.145 e. The Hall–Kier alpha value is -6.85. The van der Waals surface area contributed by atoms with Gasteiger partial charge in [0.25, 0.3) is 0 Å². The van der Waals surface area contributed by atoms with E-state index in [0.29, 0.717) is 0 Å². The Bertz CT molecular complexity index is 2700. The molecule has 0 radical (unpaired) electrons. The quantitative estimate of drug-likeness (QED) is 0.205. The topological polar surface area (TPSA) is 48.3 Å². The van der Waals surface area contributed by atoms with Crippen molar-refractivity contribution < 1.29 is 9.47 Å². The van der Waals surface area contributed by atoms with Gasteiger partial charge in [0.1, 0.15) is 28.6 Å². The fourth-order valence-electron chi connectivity index (χ4n) is 7.32. The summed E-state index contributed by atoms with van der Waals surface area (Å²) in [7, 11) is 0. The number of hydrogen-bond acceptors (Lipinski definition) is 4. The molecule has 0 amide bonds. The maximum absolute atomic E-state index is 6.96. The summed E-state index contributed by atoms with van der Waals surface area (Å²) in [5, 5.41) is 5.75. The third-order valence-corrected chi connectivity index (χ3v) is 9.75. The van der Waals surface area contributed by atoms with Crippen LogP contribution in [0, 0.1) is 0 Å². The molecule has 0 aliphatic carbocycles. The number of para-hydroxylation sites is 3. The van der Waals surface area contributed by atoms with Gasteiger partial charge in [-0.2, -0.15) is 0 Å². The van der Waals surface area contributed by atoms with E-state index in [-0.39, 0.29) is 0 Å². The molecule has 0 fully saturated rings. The van der Waals surface area contributed by atoms with Crippen molar-refractivity contribution >= 4 is 27.6 Å². The maximum Gasteiger partial charge on any atom is 0.145 e. The Labute approximate surface area is 295 Å². The molecule has 5 heteroatoms. The number of benzene rings is 6. The molecule has 51 heavy (non-hydrogen) atoms. The van der Waals surface area contributed by atoms with E-state index in [2.05, 4.69) is 125 Å². The molecule has 0 saturated carbocycles. The lowest BCUT2D eigenvalue weighted by atomic mass is 9.95. The lowest BCUT2D eigenvalue weighted by molar-refractivity contribution is 0.472. The van der Waals surface area contributed by atoms with Gasteiger partial charge in [0, 0.05) is 62.7 Å². The average Bonchev–Trinajstić information content (AvgIpc) is 3.53. The Kier molecular flexibility index (Phi) is 6.81. The second-order valence-corrected chi connectivity index (χ2v) is 12.8. The van der Waals surface area contributed by atoms with E-state index in [1.54, 1.807) is 0 Å². The molecular formula is C46H31N3O2. The number of hydrogen-bond donors (Lipinski definition) is 1. The number of allylic oxidation sites excluding steroid dienone is 2. The predicted molar refractivity (Wildman–Crippen MR) is 207 cm³/mol. The number of ether oxygens (including phenoxy) is 2. The standard InChI is InChI=1S/C46H31N3O2/c1-2-11-33(12-3-1)49-41-24-21-30(27-39(41)38-15-10-26-48-46(38)49)31-19-22-36-37-23-20-32(40-16-8-9-25-47-40)29-45(37)51-43-18-7-5-14-35(43)34-13-4-6-17-42(34)50-44(36)28-31/h1-24,26-29,47H,25H2. The molecule has 0 unspecified atom stereocenters. The van der Waals surface area contributed by atoms with Crippen molar-refractivity contribution in [1.29, 1.82) is 0 Å². The number of dihydropyridines is 1. The van der Waals surface area contributed by atoms with E-state index >= 15 is 0 Å². The van der Waals surface area contributed by atoms with Crippen LogP contribution in [0.4, 0.5) is 0 Å². The van der Waals surface area contributed by atoms with Crippen LogP contribution in [-0.2, 0) is 0 Å². The summed E-state index contributed by atoms with van der Waals surface area (Å²) in [6.45, 7) is 0.790. The summed E-state index contributed by atoms with van der Waals surface area (Å²) in [6.07, 6.45) is 8.15. The van der Waals surface area contributed by atoms with Gasteiger partial charge in [-0.05, 0) is 90.0 Å². The first-order valence-electron chi connectivity index (χ1n) is 17.2. The minimum absolute atomic E-state index is 0.753. The third-order valence-electron chi connectivity index (χ3n) is 9.75. The Morgan fingerprint density at radius 3 is 1.88 bits per heavy atom. The molecule has 2 aliphatic heterocycles. The van der Waals surface area contributed by atoms with Gasteiger partial charge >= 0.3 is 0 Å². The molecule has 5 nitrogen and oxygen atoms in total. The first-order chi connectivity index (χ1) is 25.3. The lowest BCUT2D eigenvalue weighted by Gasteiger charge is -2.22. The Balaban J connectivity index is 1.16. The van der Waals surface area contributed by atoms with Crippen molar-refractivity contribution in [2.24, 2.45) is 0 Å². The van der Waals surface area contributed by atoms with Crippen LogP contribution < -0.4 is 14.8 Å². The number of nitrogens with one attached hydrogen (secondary N) is 1. The Morgan fingerprint density at radius 1 is 0.529 bits per heavy atom. The molecule has 0 bridgehead atoms. The summed E-state index contributed by atoms with van der Waals surface area (Å²) in [5.74, 6) is 3.05. The molecule has 242 valence electrons. The molecule has 0 atom stereocenters. The van der Waals surface area contributed by atoms with Crippen molar-refractivity contribution in [2.45, 2.75) is 0 Å². The van der Waals surface area contributed by atoms with E-state index in [0.717, 1.165) is 102 Å². The first kappa shape index (κ1) is 29.1. The van der Waals surface area contributed by atoms with Gasteiger partial charge in [0.15, 0.2) is 0 Å². The van der Waals surface area contributed by atoms with Crippen LogP contribution in [0.2, 0.25) is 0 Å². The van der Waals surface area contributed by atoms with Gasteiger partial charge in [0.05, 0.1) is 5.52 Å².